The third kappa shape index (κ3) is 5.36. The van der Waals surface area contributed by atoms with Crippen LogP contribution in [-0.2, 0) is 21.3 Å². The first kappa shape index (κ1) is 24.1. The van der Waals surface area contributed by atoms with E-state index in [0.717, 1.165) is 21.5 Å². The number of hydrogen-bond donors (Lipinski definition) is 2. The van der Waals surface area contributed by atoms with E-state index in [-0.39, 0.29) is 23.5 Å². The topological polar surface area (TPSA) is 102 Å². The monoisotopic (exact) mass is 498 g/mol. The van der Waals surface area contributed by atoms with Gasteiger partial charge in [0.2, 0.25) is 10.0 Å². The van der Waals surface area contributed by atoms with Crippen LogP contribution in [0.5, 0.6) is 0 Å². The molecule has 0 radical (unpaired) electrons. The fraction of sp³-hybridized carbons (Fsp3) is 0.250. The second-order valence-corrected chi connectivity index (χ2v) is 10.8. The summed E-state index contributed by atoms with van der Waals surface area (Å²) in [5.41, 5.74) is 2.51. The fourth-order valence-corrected chi connectivity index (χ4v) is 5.90. The van der Waals surface area contributed by atoms with E-state index in [0.29, 0.717) is 17.1 Å². The van der Waals surface area contributed by atoms with Gasteiger partial charge in [-0.15, -0.1) is 11.3 Å². The van der Waals surface area contributed by atoms with Crippen molar-refractivity contribution in [2.75, 3.05) is 19.0 Å². The van der Waals surface area contributed by atoms with Crippen molar-refractivity contribution in [1.82, 2.24) is 14.5 Å². The second-order valence-electron chi connectivity index (χ2n) is 8.01. The SMILES string of the molecule is COCC(C)NS(=O)(=O)c1ccc(NC(=O)c2cc3c(C)nn(Cc4ccccc4)c3s2)cc1. The average molecular weight is 499 g/mol. The van der Waals surface area contributed by atoms with Gasteiger partial charge in [-0.2, -0.15) is 5.10 Å². The maximum Gasteiger partial charge on any atom is 0.265 e. The number of amides is 1. The van der Waals surface area contributed by atoms with Gasteiger partial charge in [0.1, 0.15) is 4.83 Å². The molecule has 4 rings (SSSR count). The first-order valence-corrected chi connectivity index (χ1v) is 13.0. The van der Waals surface area contributed by atoms with Crippen molar-refractivity contribution in [3.05, 3.63) is 76.8 Å². The van der Waals surface area contributed by atoms with E-state index in [2.05, 4.69) is 15.1 Å². The standard InChI is InChI=1S/C24H26N4O4S2/c1-16(15-32-3)27-34(30,31)20-11-9-19(10-12-20)25-23(29)22-13-21-17(2)26-28(24(21)33-22)14-18-7-5-4-6-8-18/h4-13,16,27H,14-15H2,1-3H3,(H,25,29). The third-order valence-electron chi connectivity index (χ3n) is 5.20. The van der Waals surface area contributed by atoms with Crippen molar-refractivity contribution in [2.24, 2.45) is 0 Å². The number of hydrogen-bond acceptors (Lipinski definition) is 6. The Balaban J connectivity index is 1.48. The van der Waals surface area contributed by atoms with Crippen LogP contribution in [0.1, 0.15) is 27.9 Å². The lowest BCUT2D eigenvalue weighted by atomic mass is 10.2. The second kappa shape index (κ2) is 10.1. The highest BCUT2D eigenvalue weighted by atomic mass is 32.2. The van der Waals surface area contributed by atoms with Crippen LogP contribution in [0.25, 0.3) is 10.2 Å². The molecule has 0 aliphatic heterocycles. The van der Waals surface area contributed by atoms with E-state index < -0.39 is 10.0 Å². The number of anilines is 1. The summed E-state index contributed by atoms with van der Waals surface area (Å²) in [5.74, 6) is -0.255. The van der Waals surface area contributed by atoms with Crippen LogP contribution in [0.4, 0.5) is 5.69 Å². The highest BCUT2D eigenvalue weighted by Crippen LogP contribution is 2.29. The number of aryl methyl sites for hydroxylation is 1. The molecule has 0 aliphatic rings. The Hall–Kier alpha value is -3.05. The molecule has 8 nitrogen and oxygen atoms in total. The lowest BCUT2D eigenvalue weighted by Crippen LogP contribution is -2.35. The zero-order chi connectivity index (χ0) is 24.3. The minimum absolute atomic E-state index is 0.118. The van der Waals surface area contributed by atoms with Gasteiger partial charge in [-0.25, -0.2) is 13.1 Å². The van der Waals surface area contributed by atoms with Crippen molar-refractivity contribution >= 4 is 43.2 Å². The molecule has 4 aromatic rings. The quantitative estimate of drug-likeness (QED) is 0.363. The highest BCUT2D eigenvalue weighted by molar-refractivity contribution is 7.89. The van der Waals surface area contributed by atoms with E-state index in [1.165, 1.54) is 30.6 Å². The zero-order valence-corrected chi connectivity index (χ0v) is 20.7. The number of methoxy groups -OCH3 is 1. The summed E-state index contributed by atoms with van der Waals surface area (Å²) in [7, 11) is -2.16. The molecule has 2 N–H and O–H groups in total. The maximum atomic E-state index is 12.9. The molecular formula is C24H26N4O4S2. The van der Waals surface area contributed by atoms with Gasteiger partial charge in [0, 0.05) is 24.2 Å². The maximum absolute atomic E-state index is 12.9. The van der Waals surface area contributed by atoms with Gasteiger partial charge in [0.15, 0.2) is 0 Å². The van der Waals surface area contributed by atoms with Crippen molar-refractivity contribution in [2.45, 2.75) is 31.3 Å². The molecule has 178 valence electrons. The predicted molar refractivity (Wildman–Crippen MR) is 134 cm³/mol. The summed E-state index contributed by atoms with van der Waals surface area (Å²) >= 11 is 1.38. The number of aromatic nitrogens is 2. The predicted octanol–water partition coefficient (Wildman–Crippen LogP) is 4.02. The molecule has 10 heteroatoms. The number of fused-ring (bicyclic) bond motifs is 1. The Bertz CT molecular complexity index is 1390. The summed E-state index contributed by atoms with van der Waals surface area (Å²) in [6.07, 6.45) is 0. The first-order valence-electron chi connectivity index (χ1n) is 10.7. The van der Waals surface area contributed by atoms with Crippen molar-refractivity contribution in [3.8, 4) is 0 Å². The van der Waals surface area contributed by atoms with Crippen molar-refractivity contribution < 1.29 is 17.9 Å². The number of carbonyl (C=O) groups is 1. The van der Waals surface area contributed by atoms with Gasteiger partial charge in [0.05, 0.1) is 28.6 Å². The van der Waals surface area contributed by atoms with Gasteiger partial charge in [-0.05, 0) is 49.7 Å². The molecule has 34 heavy (non-hydrogen) atoms. The van der Waals surface area contributed by atoms with Crippen LogP contribution in [0.3, 0.4) is 0 Å². The normalized spacial score (nSPS) is 12.7. The van der Waals surface area contributed by atoms with E-state index >= 15 is 0 Å². The van der Waals surface area contributed by atoms with Crippen LogP contribution in [0.2, 0.25) is 0 Å². The number of carbonyl (C=O) groups excluding carboxylic acids is 1. The highest BCUT2D eigenvalue weighted by Gasteiger charge is 2.19. The Kier molecular flexibility index (Phi) is 7.13. The van der Waals surface area contributed by atoms with E-state index in [9.17, 15) is 13.2 Å². The molecule has 2 aromatic carbocycles. The van der Waals surface area contributed by atoms with Crippen LogP contribution in [0.15, 0.2) is 65.6 Å². The minimum atomic E-state index is -3.67. The molecule has 1 atom stereocenters. The first-order chi connectivity index (χ1) is 16.3. The smallest absolute Gasteiger partial charge is 0.265 e. The molecule has 0 saturated carbocycles. The fourth-order valence-electron chi connectivity index (χ4n) is 3.62. The van der Waals surface area contributed by atoms with Gasteiger partial charge < -0.3 is 10.1 Å². The summed E-state index contributed by atoms with van der Waals surface area (Å²) < 4.78 is 34.4. The number of rotatable bonds is 9. The summed E-state index contributed by atoms with van der Waals surface area (Å²) in [6.45, 7) is 4.55. The number of sulfonamides is 1. The Morgan fingerprint density at radius 3 is 2.53 bits per heavy atom. The molecule has 1 amide bonds. The van der Waals surface area contributed by atoms with Gasteiger partial charge in [-0.1, -0.05) is 30.3 Å². The van der Waals surface area contributed by atoms with Crippen molar-refractivity contribution in [3.63, 3.8) is 0 Å². The van der Waals surface area contributed by atoms with E-state index in [1.807, 2.05) is 48.0 Å². The molecule has 0 saturated heterocycles. The molecule has 0 spiro atoms. The number of nitrogens with zero attached hydrogens (tertiary/aromatic N) is 2. The zero-order valence-electron chi connectivity index (χ0n) is 19.1. The Morgan fingerprint density at radius 2 is 1.85 bits per heavy atom. The Labute approximate surface area is 202 Å². The van der Waals surface area contributed by atoms with E-state index in [1.54, 1.807) is 19.1 Å². The van der Waals surface area contributed by atoms with Crippen molar-refractivity contribution in [1.29, 1.82) is 0 Å². The molecule has 0 fully saturated rings. The van der Waals surface area contributed by atoms with Crippen LogP contribution in [-0.4, -0.2) is 43.9 Å². The minimum Gasteiger partial charge on any atom is -0.383 e. The van der Waals surface area contributed by atoms with Crippen LogP contribution in [0, 0.1) is 6.92 Å². The summed E-state index contributed by atoms with van der Waals surface area (Å²) in [5, 5.41) is 8.41. The average Bonchev–Trinajstić information content (AvgIpc) is 3.36. The Morgan fingerprint density at radius 1 is 1.15 bits per heavy atom. The third-order valence-corrected chi connectivity index (χ3v) is 7.95. The molecule has 2 aromatic heterocycles. The lowest BCUT2D eigenvalue weighted by molar-refractivity contribution is 0.103. The van der Waals surface area contributed by atoms with Crippen LogP contribution < -0.4 is 10.0 Å². The van der Waals surface area contributed by atoms with Gasteiger partial charge in [0.25, 0.3) is 5.91 Å². The van der Waals surface area contributed by atoms with Crippen LogP contribution >= 0.6 is 11.3 Å². The lowest BCUT2D eigenvalue weighted by Gasteiger charge is -2.13. The molecule has 0 aliphatic carbocycles. The number of benzene rings is 2. The summed E-state index contributed by atoms with van der Waals surface area (Å²) in [4.78, 5) is 14.5. The van der Waals surface area contributed by atoms with E-state index in [4.69, 9.17) is 4.74 Å². The molecule has 0 bridgehead atoms. The molecule has 1 unspecified atom stereocenters. The van der Waals surface area contributed by atoms with Gasteiger partial charge >= 0.3 is 0 Å². The molecular weight excluding hydrogens is 472 g/mol. The largest absolute Gasteiger partial charge is 0.383 e. The van der Waals surface area contributed by atoms with Gasteiger partial charge in [-0.3, -0.25) is 9.48 Å². The molecule has 2 heterocycles. The number of nitrogens with one attached hydrogen (secondary N) is 2. The number of ether oxygens (including phenoxy) is 1. The summed E-state index contributed by atoms with van der Waals surface area (Å²) in [6, 6.07) is 17.6. The number of thiophene rings is 1.